The molecule has 1 aromatic carbocycles. The van der Waals surface area contributed by atoms with E-state index >= 15 is 0 Å². The molecule has 7 heteroatoms. The molecule has 1 atom stereocenters. The third kappa shape index (κ3) is 5.37. The summed E-state index contributed by atoms with van der Waals surface area (Å²) in [6.07, 6.45) is 5.40. The van der Waals surface area contributed by atoms with Crippen molar-refractivity contribution in [2.75, 3.05) is 6.61 Å². The van der Waals surface area contributed by atoms with E-state index in [2.05, 4.69) is 0 Å². The van der Waals surface area contributed by atoms with Crippen molar-refractivity contribution in [1.82, 2.24) is 9.55 Å². The second-order valence-electron chi connectivity index (χ2n) is 7.46. The fraction of sp³-hybridized carbons (Fsp3) is 0.571. The molecule has 1 aliphatic carbocycles. The molecule has 1 unspecified atom stereocenters. The van der Waals surface area contributed by atoms with Crippen molar-refractivity contribution >= 4 is 40.0 Å². The SMILES string of the molecule is CC(C)OCCCn1c(SC2CCCCCC2=O)nc2cc(Cl)ccc2c1=O. The van der Waals surface area contributed by atoms with E-state index in [1.165, 1.54) is 11.8 Å². The van der Waals surface area contributed by atoms with Crippen LogP contribution >= 0.6 is 23.4 Å². The van der Waals surface area contributed by atoms with E-state index in [4.69, 9.17) is 21.3 Å². The molecule has 1 heterocycles. The maximum absolute atomic E-state index is 13.1. The number of benzene rings is 1. The number of fused-ring (bicyclic) bond motifs is 1. The first-order valence-electron chi connectivity index (χ1n) is 9.97. The molecule has 3 rings (SSSR count). The summed E-state index contributed by atoms with van der Waals surface area (Å²) in [5.41, 5.74) is 0.491. The summed E-state index contributed by atoms with van der Waals surface area (Å²) in [5, 5.41) is 1.56. The lowest BCUT2D eigenvalue weighted by molar-refractivity contribution is -0.118. The van der Waals surface area contributed by atoms with Crippen LogP contribution in [0.1, 0.15) is 52.4 Å². The summed E-state index contributed by atoms with van der Waals surface area (Å²) in [6.45, 7) is 5.08. The van der Waals surface area contributed by atoms with Crippen molar-refractivity contribution in [3.8, 4) is 0 Å². The summed E-state index contributed by atoms with van der Waals surface area (Å²) in [4.78, 5) is 30.3. The zero-order valence-electron chi connectivity index (χ0n) is 16.4. The van der Waals surface area contributed by atoms with Crippen LogP contribution in [0.2, 0.25) is 5.02 Å². The Balaban J connectivity index is 1.93. The average molecular weight is 423 g/mol. The Bertz CT molecular complexity index is 897. The van der Waals surface area contributed by atoms with Gasteiger partial charge in [-0.15, -0.1) is 0 Å². The number of hydrogen-bond acceptors (Lipinski definition) is 5. The molecular formula is C21H27ClN2O3S. The Morgan fingerprint density at radius 2 is 2.11 bits per heavy atom. The maximum atomic E-state index is 13.1. The quantitative estimate of drug-likeness (QED) is 0.362. The molecule has 152 valence electrons. The minimum absolute atomic E-state index is 0.0882. The Hall–Kier alpha value is -1.37. The Labute approximate surface area is 174 Å². The molecule has 2 aromatic rings. The summed E-state index contributed by atoms with van der Waals surface area (Å²) < 4.78 is 7.31. The summed E-state index contributed by atoms with van der Waals surface area (Å²) in [6, 6.07) is 5.14. The zero-order valence-corrected chi connectivity index (χ0v) is 18.0. The topological polar surface area (TPSA) is 61.2 Å². The van der Waals surface area contributed by atoms with E-state index in [0.29, 0.717) is 47.1 Å². The van der Waals surface area contributed by atoms with Crippen molar-refractivity contribution in [1.29, 1.82) is 0 Å². The standard InChI is InChI=1S/C21H27ClN2O3S/c1-14(2)27-12-6-11-24-20(26)16-10-9-15(22)13-17(16)23-21(24)28-19-8-5-3-4-7-18(19)25/h9-10,13-14,19H,3-8,11-12H2,1-2H3. The van der Waals surface area contributed by atoms with Gasteiger partial charge in [0.2, 0.25) is 0 Å². The number of hydrogen-bond donors (Lipinski definition) is 0. The Morgan fingerprint density at radius 3 is 2.89 bits per heavy atom. The highest BCUT2D eigenvalue weighted by molar-refractivity contribution is 8.00. The molecule has 0 spiro atoms. The highest BCUT2D eigenvalue weighted by Crippen LogP contribution is 2.30. The van der Waals surface area contributed by atoms with E-state index < -0.39 is 0 Å². The predicted molar refractivity (Wildman–Crippen MR) is 114 cm³/mol. The number of carbonyl (C=O) groups is 1. The van der Waals surface area contributed by atoms with E-state index in [1.54, 1.807) is 22.8 Å². The molecule has 1 aliphatic rings. The van der Waals surface area contributed by atoms with Gasteiger partial charge in [0, 0.05) is 24.6 Å². The molecule has 28 heavy (non-hydrogen) atoms. The average Bonchev–Trinajstić information content (AvgIpc) is 2.84. The molecule has 0 bridgehead atoms. The van der Waals surface area contributed by atoms with Crippen molar-refractivity contribution in [2.45, 2.75) is 75.4 Å². The van der Waals surface area contributed by atoms with Gasteiger partial charge in [-0.2, -0.15) is 0 Å². The number of Topliss-reactive ketones (excluding diaryl/α,β-unsaturated/α-hetero) is 1. The van der Waals surface area contributed by atoms with Gasteiger partial charge >= 0.3 is 0 Å². The minimum Gasteiger partial charge on any atom is -0.379 e. The van der Waals surface area contributed by atoms with Gasteiger partial charge in [0.25, 0.3) is 5.56 Å². The molecule has 5 nitrogen and oxygen atoms in total. The third-order valence-corrected chi connectivity index (χ3v) is 6.40. The van der Waals surface area contributed by atoms with Crippen LogP contribution in [-0.2, 0) is 16.1 Å². The Kier molecular flexibility index (Phi) is 7.55. The second-order valence-corrected chi connectivity index (χ2v) is 9.06. The lowest BCUT2D eigenvalue weighted by atomic mass is 10.2. The second kappa shape index (κ2) is 9.90. The molecule has 1 saturated carbocycles. The van der Waals surface area contributed by atoms with Gasteiger partial charge in [-0.3, -0.25) is 14.2 Å². The number of ketones is 1. The highest BCUT2D eigenvalue weighted by Gasteiger charge is 2.24. The van der Waals surface area contributed by atoms with E-state index in [-0.39, 0.29) is 22.7 Å². The summed E-state index contributed by atoms with van der Waals surface area (Å²) in [7, 11) is 0. The van der Waals surface area contributed by atoms with Crippen LogP contribution < -0.4 is 5.56 Å². The smallest absolute Gasteiger partial charge is 0.262 e. The molecule has 0 amide bonds. The molecule has 0 N–H and O–H groups in total. The van der Waals surface area contributed by atoms with E-state index in [1.807, 2.05) is 13.8 Å². The largest absolute Gasteiger partial charge is 0.379 e. The van der Waals surface area contributed by atoms with Crippen LogP contribution in [0.3, 0.4) is 0 Å². The maximum Gasteiger partial charge on any atom is 0.262 e. The first-order chi connectivity index (χ1) is 13.5. The molecule has 0 aliphatic heterocycles. The molecule has 0 saturated heterocycles. The summed E-state index contributed by atoms with van der Waals surface area (Å²) in [5.74, 6) is 0.262. The lowest BCUT2D eigenvalue weighted by Crippen LogP contribution is -2.26. The van der Waals surface area contributed by atoms with Crippen molar-refractivity contribution in [3.63, 3.8) is 0 Å². The van der Waals surface area contributed by atoms with Crippen LogP contribution in [0, 0.1) is 0 Å². The van der Waals surface area contributed by atoms with Gasteiger partial charge in [-0.25, -0.2) is 4.98 Å². The van der Waals surface area contributed by atoms with Crippen LogP contribution in [0.5, 0.6) is 0 Å². The van der Waals surface area contributed by atoms with Gasteiger partial charge in [0.15, 0.2) is 5.16 Å². The van der Waals surface area contributed by atoms with E-state index in [9.17, 15) is 9.59 Å². The number of aromatic nitrogens is 2. The Morgan fingerprint density at radius 1 is 1.29 bits per heavy atom. The third-order valence-electron chi connectivity index (χ3n) is 4.86. The van der Waals surface area contributed by atoms with Crippen molar-refractivity contribution in [3.05, 3.63) is 33.6 Å². The zero-order chi connectivity index (χ0) is 20.1. The fourth-order valence-electron chi connectivity index (χ4n) is 3.38. The summed E-state index contributed by atoms with van der Waals surface area (Å²) >= 11 is 7.54. The van der Waals surface area contributed by atoms with Crippen LogP contribution in [-0.4, -0.2) is 33.3 Å². The number of carbonyl (C=O) groups excluding carboxylic acids is 1. The van der Waals surface area contributed by atoms with Crippen LogP contribution in [0.15, 0.2) is 28.2 Å². The van der Waals surface area contributed by atoms with Gasteiger partial charge in [-0.1, -0.05) is 36.2 Å². The number of rotatable bonds is 7. The number of nitrogens with zero attached hydrogens (tertiary/aromatic N) is 2. The van der Waals surface area contributed by atoms with Gasteiger partial charge in [-0.05, 0) is 51.3 Å². The first kappa shape index (κ1) is 21.3. The molecular weight excluding hydrogens is 396 g/mol. The van der Waals surface area contributed by atoms with E-state index in [0.717, 1.165) is 25.7 Å². The first-order valence-corrected chi connectivity index (χ1v) is 11.2. The monoisotopic (exact) mass is 422 g/mol. The predicted octanol–water partition coefficient (Wildman–Crippen LogP) is 4.86. The van der Waals surface area contributed by atoms with Gasteiger partial charge in [0.05, 0.1) is 22.3 Å². The number of ether oxygens (including phenoxy) is 1. The lowest BCUT2D eigenvalue weighted by Gasteiger charge is -2.17. The molecule has 1 aromatic heterocycles. The van der Waals surface area contributed by atoms with Gasteiger partial charge in [0.1, 0.15) is 5.78 Å². The molecule has 1 fully saturated rings. The number of thioether (sulfide) groups is 1. The minimum atomic E-state index is -0.135. The molecule has 0 radical (unpaired) electrons. The van der Waals surface area contributed by atoms with Crippen molar-refractivity contribution < 1.29 is 9.53 Å². The fourth-order valence-corrected chi connectivity index (χ4v) is 4.79. The van der Waals surface area contributed by atoms with Gasteiger partial charge < -0.3 is 4.74 Å². The van der Waals surface area contributed by atoms with Crippen molar-refractivity contribution in [2.24, 2.45) is 0 Å². The normalized spacial score (nSPS) is 18.0. The van der Waals surface area contributed by atoms with Crippen LogP contribution in [0.25, 0.3) is 10.9 Å². The number of halogens is 1. The highest BCUT2D eigenvalue weighted by atomic mass is 35.5. The van der Waals surface area contributed by atoms with Crippen LogP contribution in [0.4, 0.5) is 0 Å².